The van der Waals surface area contributed by atoms with Crippen LogP contribution >= 0.6 is 0 Å². The molecule has 9 heteroatoms. The van der Waals surface area contributed by atoms with E-state index in [4.69, 9.17) is 0 Å². The highest BCUT2D eigenvalue weighted by Gasteiger charge is 2.33. The van der Waals surface area contributed by atoms with Crippen LogP contribution in [0.25, 0.3) is 0 Å². The van der Waals surface area contributed by atoms with Crippen LogP contribution in [0.5, 0.6) is 0 Å². The minimum absolute atomic E-state index is 0.0516. The van der Waals surface area contributed by atoms with E-state index in [-0.39, 0.29) is 36.3 Å². The molecule has 6 nitrogen and oxygen atoms in total. The Morgan fingerprint density at radius 1 is 1.27 bits per heavy atom. The lowest BCUT2D eigenvalue weighted by molar-refractivity contribution is -0.141. The standard InChI is InChI=1S/C17H22F3N5O/c1-10(2)15-21-7-8-25(15)12(4)16(26)22-6-5-14-23-11(3)9-13(24-14)17(18,19)20/h7-10,12H,5-6H2,1-4H3,(H,22,26). The van der Waals surface area contributed by atoms with Crippen molar-refractivity contribution >= 4 is 5.91 Å². The van der Waals surface area contributed by atoms with E-state index in [9.17, 15) is 18.0 Å². The third-order valence-electron chi connectivity index (χ3n) is 3.85. The van der Waals surface area contributed by atoms with Gasteiger partial charge in [0.1, 0.15) is 23.4 Å². The Bertz CT molecular complexity index is 770. The van der Waals surface area contributed by atoms with E-state index in [0.29, 0.717) is 0 Å². The summed E-state index contributed by atoms with van der Waals surface area (Å²) >= 11 is 0. The molecule has 2 aromatic rings. The Hall–Kier alpha value is -2.45. The van der Waals surface area contributed by atoms with E-state index >= 15 is 0 Å². The number of imidazole rings is 1. The lowest BCUT2D eigenvalue weighted by Gasteiger charge is -2.17. The number of aromatic nitrogens is 4. The summed E-state index contributed by atoms with van der Waals surface area (Å²) in [6.07, 6.45) is -1.03. The lowest BCUT2D eigenvalue weighted by atomic mass is 10.2. The number of hydrogen-bond donors (Lipinski definition) is 1. The maximum Gasteiger partial charge on any atom is 0.433 e. The molecule has 1 atom stereocenters. The van der Waals surface area contributed by atoms with Gasteiger partial charge in [-0.1, -0.05) is 13.8 Å². The predicted octanol–water partition coefficient (Wildman–Crippen LogP) is 3.04. The van der Waals surface area contributed by atoms with Crippen molar-refractivity contribution in [1.82, 2.24) is 24.8 Å². The van der Waals surface area contributed by atoms with Gasteiger partial charge < -0.3 is 9.88 Å². The number of rotatable bonds is 6. The third kappa shape index (κ3) is 4.80. The van der Waals surface area contributed by atoms with Crippen LogP contribution in [-0.2, 0) is 17.4 Å². The minimum Gasteiger partial charge on any atom is -0.354 e. The Labute approximate surface area is 149 Å². The molecule has 0 bridgehead atoms. The van der Waals surface area contributed by atoms with Crippen LogP contribution in [0.1, 0.15) is 55.8 Å². The molecule has 1 N–H and O–H groups in total. The van der Waals surface area contributed by atoms with Crippen LogP contribution in [0.15, 0.2) is 18.5 Å². The molecule has 0 spiro atoms. The largest absolute Gasteiger partial charge is 0.433 e. The molecule has 0 saturated heterocycles. The second kappa shape index (κ2) is 7.84. The number of carbonyl (C=O) groups is 1. The van der Waals surface area contributed by atoms with Crippen molar-refractivity contribution in [2.24, 2.45) is 0 Å². The van der Waals surface area contributed by atoms with Crippen LogP contribution < -0.4 is 5.32 Å². The highest BCUT2D eigenvalue weighted by Crippen LogP contribution is 2.27. The highest BCUT2D eigenvalue weighted by molar-refractivity contribution is 5.79. The molecule has 0 radical (unpaired) electrons. The molecule has 1 unspecified atom stereocenters. The molecule has 0 aromatic carbocycles. The van der Waals surface area contributed by atoms with Gasteiger partial charge in [-0.25, -0.2) is 15.0 Å². The molecule has 0 saturated carbocycles. The Kier molecular flexibility index (Phi) is 5.99. The van der Waals surface area contributed by atoms with Crippen molar-refractivity contribution in [3.63, 3.8) is 0 Å². The first kappa shape index (κ1) is 19.9. The van der Waals surface area contributed by atoms with E-state index in [1.807, 2.05) is 13.8 Å². The first-order chi connectivity index (χ1) is 12.1. The Balaban J connectivity index is 1.98. The number of aryl methyl sites for hydroxylation is 1. The molecule has 26 heavy (non-hydrogen) atoms. The zero-order valence-electron chi connectivity index (χ0n) is 15.1. The first-order valence-corrected chi connectivity index (χ1v) is 8.31. The van der Waals surface area contributed by atoms with Crippen LogP contribution in [0.4, 0.5) is 13.2 Å². The number of halogens is 3. The van der Waals surface area contributed by atoms with Gasteiger partial charge in [0.15, 0.2) is 0 Å². The second-order valence-corrected chi connectivity index (χ2v) is 6.37. The van der Waals surface area contributed by atoms with Gasteiger partial charge in [0.05, 0.1) is 0 Å². The van der Waals surface area contributed by atoms with Crippen molar-refractivity contribution in [2.75, 3.05) is 6.54 Å². The van der Waals surface area contributed by atoms with Crippen LogP contribution in [0, 0.1) is 6.92 Å². The molecule has 142 valence electrons. The summed E-state index contributed by atoms with van der Waals surface area (Å²) in [5.74, 6) is 0.774. The predicted molar refractivity (Wildman–Crippen MR) is 89.5 cm³/mol. The van der Waals surface area contributed by atoms with E-state index < -0.39 is 17.9 Å². The average molecular weight is 369 g/mol. The van der Waals surface area contributed by atoms with Gasteiger partial charge in [-0.3, -0.25) is 4.79 Å². The van der Waals surface area contributed by atoms with Crippen molar-refractivity contribution in [3.05, 3.63) is 41.5 Å². The molecule has 2 heterocycles. The fourth-order valence-corrected chi connectivity index (χ4v) is 2.56. The van der Waals surface area contributed by atoms with Gasteiger partial charge in [0.2, 0.25) is 5.91 Å². The Morgan fingerprint density at radius 3 is 2.58 bits per heavy atom. The number of nitrogens with zero attached hydrogens (tertiary/aromatic N) is 4. The molecular weight excluding hydrogens is 347 g/mol. The Morgan fingerprint density at radius 2 is 1.96 bits per heavy atom. The van der Waals surface area contributed by atoms with Gasteiger partial charge in [0, 0.05) is 37.0 Å². The van der Waals surface area contributed by atoms with Crippen LogP contribution in [0.3, 0.4) is 0 Å². The number of hydrogen-bond acceptors (Lipinski definition) is 4. The third-order valence-corrected chi connectivity index (χ3v) is 3.85. The summed E-state index contributed by atoms with van der Waals surface area (Å²) in [5.41, 5.74) is -0.735. The number of carbonyl (C=O) groups excluding carboxylic acids is 1. The van der Waals surface area contributed by atoms with Gasteiger partial charge in [0.25, 0.3) is 0 Å². The van der Waals surface area contributed by atoms with Crippen LogP contribution in [-0.4, -0.2) is 32.0 Å². The summed E-state index contributed by atoms with van der Waals surface area (Å²) in [4.78, 5) is 24.1. The monoisotopic (exact) mass is 369 g/mol. The lowest BCUT2D eigenvalue weighted by Crippen LogP contribution is -2.33. The first-order valence-electron chi connectivity index (χ1n) is 8.31. The molecule has 0 aliphatic rings. The molecule has 2 rings (SSSR count). The van der Waals surface area contributed by atoms with E-state index in [1.54, 1.807) is 23.9 Å². The van der Waals surface area contributed by atoms with E-state index in [0.717, 1.165) is 11.9 Å². The highest BCUT2D eigenvalue weighted by atomic mass is 19.4. The fourth-order valence-electron chi connectivity index (χ4n) is 2.56. The van der Waals surface area contributed by atoms with E-state index in [1.165, 1.54) is 6.92 Å². The SMILES string of the molecule is Cc1cc(C(F)(F)F)nc(CCNC(=O)C(C)n2ccnc2C(C)C)n1. The number of nitrogens with one attached hydrogen (secondary N) is 1. The molecule has 0 fully saturated rings. The molecule has 0 aliphatic heterocycles. The van der Waals surface area contributed by atoms with E-state index in [2.05, 4.69) is 20.3 Å². The normalized spacial score (nSPS) is 13.1. The molecule has 1 amide bonds. The van der Waals surface area contributed by atoms with Crippen molar-refractivity contribution in [3.8, 4) is 0 Å². The smallest absolute Gasteiger partial charge is 0.354 e. The molecule has 2 aromatic heterocycles. The van der Waals surface area contributed by atoms with Gasteiger partial charge >= 0.3 is 6.18 Å². The second-order valence-electron chi connectivity index (χ2n) is 6.37. The van der Waals surface area contributed by atoms with Crippen molar-refractivity contribution in [1.29, 1.82) is 0 Å². The summed E-state index contributed by atoms with van der Waals surface area (Å²) < 4.78 is 40.2. The van der Waals surface area contributed by atoms with Crippen molar-refractivity contribution < 1.29 is 18.0 Å². The topological polar surface area (TPSA) is 72.7 Å². The number of alkyl halides is 3. The molecular formula is C17H22F3N5O. The number of amides is 1. The zero-order chi connectivity index (χ0) is 19.5. The van der Waals surface area contributed by atoms with Gasteiger partial charge in [-0.15, -0.1) is 0 Å². The van der Waals surface area contributed by atoms with Gasteiger partial charge in [-0.2, -0.15) is 13.2 Å². The summed E-state index contributed by atoms with van der Waals surface area (Å²) in [5, 5.41) is 2.71. The summed E-state index contributed by atoms with van der Waals surface area (Å²) in [6, 6.07) is 0.426. The maximum absolute atomic E-state index is 12.8. The minimum atomic E-state index is -4.52. The molecule has 0 aliphatic carbocycles. The summed E-state index contributed by atoms with van der Waals surface area (Å²) in [6.45, 7) is 7.34. The maximum atomic E-state index is 12.8. The fraction of sp³-hybridized carbons (Fsp3) is 0.529. The van der Waals surface area contributed by atoms with Gasteiger partial charge in [-0.05, 0) is 19.9 Å². The summed E-state index contributed by atoms with van der Waals surface area (Å²) in [7, 11) is 0. The van der Waals surface area contributed by atoms with Crippen molar-refractivity contribution in [2.45, 2.75) is 52.3 Å². The van der Waals surface area contributed by atoms with Crippen LogP contribution in [0.2, 0.25) is 0 Å². The average Bonchev–Trinajstić information content (AvgIpc) is 3.02. The quantitative estimate of drug-likeness (QED) is 0.849. The zero-order valence-corrected chi connectivity index (χ0v) is 15.1.